The molecule has 0 aliphatic heterocycles. The highest BCUT2D eigenvalue weighted by atomic mass is 35.5. The Labute approximate surface area is 174 Å². The first-order valence-electron chi connectivity index (χ1n) is 8.94. The van der Waals surface area contributed by atoms with E-state index in [0.29, 0.717) is 34.4 Å². The van der Waals surface area contributed by atoms with Crippen LogP contribution in [0.1, 0.15) is 52.8 Å². The van der Waals surface area contributed by atoms with Crippen molar-refractivity contribution in [3.05, 3.63) is 43.5 Å². The summed E-state index contributed by atoms with van der Waals surface area (Å²) >= 11 is 11.5. The predicted octanol–water partition coefficient (Wildman–Crippen LogP) is 4.32. The molecular formula is C19H25ClN4O3S. The normalized spacial score (nSPS) is 12.0. The van der Waals surface area contributed by atoms with Gasteiger partial charge >= 0.3 is 0 Å². The second-order valence-electron chi connectivity index (χ2n) is 7.42. The van der Waals surface area contributed by atoms with Crippen LogP contribution in [0.25, 0.3) is 0 Å². The molecule has 0 bridgehead atoms. The second-order valence-corrected chi connectivity index (χ2v) is 8.21. The van der Waals surface area contributed by atoms with E-state index in [4.69, 9.17) is 33.3 Å². The van der Waals surface area contributed by atoms with Crippen molar-refractivity contribution in [2.24, 2.45) is 5.10 Å². The molecule has 1 aromatic carbocycles. The highest BCUT2D eigenvalue weighted by Gasteiger charge is 2.21. The Kier molecular flexibility index (Phi) is 7.01. The number of nitrogens with zero attached hydrogens (tertiary/aromatic N) is 3. The lowest BCUT2D eigenvalue weighted by atomic mass is 9.93. The third kappa shape index (κ3) is 5.20. The average molecular weight is 425 g/mol. The lowest BCUT2D eigenvalue weighted by Gasteiger charge is -2.17. The number of ether oxygens (including phenoxy) is 2. The first kappa shape index (κ1) is 22.1. The number of aromatic amines is 1. The summed E-state index contributed by atoms with van der Waals surface area (Å²) in [6.45, 7) is 11.8. The summed E-state index contributed by atoms with van der Waals surface area (Å²) < 4.78 is 12.6. The van der Waals surface area contributed by atoms with E-state index < -0.39 is 5.41 Å². The zero-order valence-electron chi connectivity index (χ0n) is 16.9. The van der Waals surface area contributed by atoms with Crippen molar-refractivity contribution in [2.45, 2.75) is 53.1 Å². The predicted molar refractivity (Wildman–Crippen MR) is 114 cm³/mol. The SMILES string of the molecule is CCOc1cc(/C=N\n2c(=S)[nH]nc(C(C)(C)C)c2=O)cc(Cl)c1OC(C)C. The molecule has 1 N–H and O–H groups in total. The third-order valence-electron chi connectivity index (χ3n) is 3.57. The lowest BCUT2D eigenvalue weighted by Crippen LogP contribution is -2.32. The minimum Gasteiger partial charge on any atom is -0.490 e. The van der Waals surface area contributed by atoms with Crippen LogP contribution in [0, 0.1) is 4.77 Å². The number of H-pyrrole nitrogens is 1. The van der Waals surface area contributed by atoms with E-state index in [1.807, 2.05) is 41.5 Å². The molecule has 0 amide bonds. The molecule has 9 heteroatoms. The molecule has 7 nitrogen and oxygen atoms in total. The van der Waals surface area contributed by atoms with Gasteiger partial charge in [0, 0.05) is 5.41 Å². The van der Waals surface area contributed by atoms with Gasteiger partial charge < -0.3 is 9.47 Å². The minimum atomic E-state index is -0.449. The molecule has 0 atom stereocenters. The number of nitrogens with one attached hydrogen (secondary N) is 1. The first-order chi connectivity index (χ1) is 13.0. The molecule has 28 heavy (non-hydrogen) atoms. The fourth-order valence-corrected chi connectivity index (χ4v) is 2.82. The Morgan fingerprint density at radius 3 is 2.64 bits per heavy atom. The van der Waals surface area contributed by atoms with Gasteiger partial charge in [0.2, 0.25) is 4.77 Å². The minimum absolute atomic E-state index is 0.0549. The maximum absolute atomic E-state index is 12.7. The van der Waals surface area contributed by atoms with Crippen molar-refractivity contribution >= 4 is 30.0 Å². The van der Waals surface area contributed by atoms with Gasteiger partial charge in [0.25, 0.3) is 5.56 Å². The summed E-state index contributed by atoms with van der Waals surface area (Å²) in [6.07, 6.45) is 1.44. The van der Waals surface area contributed by atoms with Gasteiger partial charge in [0.05, 0.1) is 23.9 Å². The van der Waals surface area contributed by atoms with Crippen molar-refractivity contribution in [3.63, 3.8) is 0 Å². The lowest BCUT2D eigenvalue weighted by molar-refractivity contribution is 0.224. The van der Waals surface area contributed by atoms with Crippen LogP contribution >= 0.6 is 23.8 Å². The summed E-state index contributed by atoms with van der Waals surface area (Å²) in [4.78, 5) is 12.7. The van der Waals surface area contributed by atoms with Crippen LogP contribution in [0.4, 0.5) is 0 Å². The van der Waals surface area contributed by atoms with Crippen molar-refractivity contribution in [3.8, 4) is 11.5 Å². The van der Waals surface area contributed by atoms with Crippen LogP contribution in [0.2, 0.25) is 5.02 Å². The average Bonchev–Trinajstić information content (AvgIpc) is 2.56. The summed E-state index contributed by atoms with van der Waals surface area (Å²) in [5, 5.41) is 11.4. The molecule has 1 heterocycles. The standard InChI is InChI=1S/C19H25ClN4O3S/c1-7-26-14-9-12(8-13(20)15(14)27-11(2)3)10-21-24-17(25)16(19(4,5)6)22-23-18(24)28/h8-11H,7H2,1-6H3,(H,23,28)/b21-10-. The number of aromatic nitrogens is 3. The Morgan fingerprint density at radius 2 is 2.07 bits per heavy atom. The fraction of sp³-hybridized carbons (Fsp3) is 0.474. The van der Waals surface area contributed by atoms with E-state index in [-0.39, 0.29) is 16.4 Å². The van der Waals surface area contributed by atoms with Crippen LogP contribution in [-0.4, -0.2) is 33.8 Å². The molecule has 1 aromatic heterocycles. The summed E-state index contributed by atoms with van der Waals surface area (Å²) in [6, 6.07) is 3.44. The van der Waals surface area contributed by atoms with Crippen molar-refractivity contribution in [1.82, 2.24) is 14.9 Å². The van der Waals surface area contributed by atoms with Crippen molar-refractivity contribution in [1.29, 1.82) is 0 Å². The van der Waals surface area contributed by atoms with Crippen LogP contribution in [0.15, 0.2) is 22.0 Å². The van der Waals surface area contributed by atoms with E-state index in [0.717, 1.165) is 4.68 Å². The smallest absolute Gasteiger partial charge is 0.297 e. The van der Waals surface area contributed by atoms with Crippen LogP contribution in [-0.2, 0) is 5.41 Å². The number of halogens is 1. The van der Waals surface area contributed by atoms with Gasteiger partial charge in [-0.3, -0.25) is 9.89 Å². The largest absolute Gasteiger partial charge is 0.490 e. The van der Waals surface area contributed by atoms with Crippen LogP contribution < -0.4 is 15.0 Å². The number of rotatable bonds is 6. The van der Waals surface area contributed by atoms with Gasteiger partial charge in [-0.2, -0.15) is 14.9 Å². The number of hydrogen-bond donors (Lipinski definition) is 1. The van der Waals surface area contributed by atoms with Gasteiger partial charge in [-0.05, 0) is 50.7 Å². The maximum atomic E-state index is 12.7. The summed E-state index contributed by atoms with van der Waals surface area (Å²) in [7, 11) is 0. The van der Waals surface area contributed by atoms with Gasteiger partial charge in [0.15, 0.2) is 11.5 Å². The van der Waals surface area contributed by atoms with Crippen LogP contribution in [0.5, 0.6) is 11.5 Å². The fourth-order valence-electron chi connectivity index (χ4n) is 2.38. The molecule has 2 aromatic rings. The highest BCUT2D eigenvalue weighted by Crippen LogP contribution is 2.37. The van der Waals surface area contributed by atoms with Crippen molar-refractivity contribution < 1.29 is 9.47 Å². The maximum Gasteiger partial charge on any atom is 0.297 e. The monoisotopic (exact) mass is 424 g/mol. The highest BCUT2D eigenvalue weighted by molar-refractivity contribution is 7.71. The number of benzene rings is 1. The Morgan fingerprint density at radius 1 is 1.39 bits per heavy atom. The zero-order chi connectivity index (χ0) is 21.1. The van der Waals surface area contributed by atoms with Gasteiger partial charge in [-0.1, -0.05) is 32.4 Å². The Hall–Kier alpha value is -2.19. The second kappa shape index (κ2) is 8.87. The zero-order valence-corrected chi connectivity index (χ0v) is 18.4. The van der Waals surface area contributed by atoms with Gasteiger partial charge in [0.1, 0.15) is 5.69 Å². The molecule has 0 aliphatic rings. The molecule has 0 unspecified atom stereocenters. The Balaban J connectivity index is 2.50. The van der Waals surface area contributed by atoms with E-state index in [2.05, 4.69) is 15.3 Å². The number of hydrogen-bond acceptors (Lipinski definition) is 6. The molecule has 0 saturated heterocycles. The van der Waals surface area contributed by atoms with Crippen LogP contribution in [0.3, 0.4) is 0 Å². The van der Waals surface area contributed by atoms with Crippen molar-refractivity contribution in [2.75, 3.05) is 6.61 Å². The molecule has 0 radical (unpaired) electrons. The molecular weight excluding hydrogens is 400 g/mol. The topological polar surface area (TPSA) is 81.5 Å². The molecule has 0 saturated carbocycles. The molecule has 2 rings (SSSR count). The van der Waals surface area contributed by atoms with E-state index >= 15 is 0 Å². The quantitative estimate of drug-likeness (QED) is 0.551. The van der Waals surface area contributed by atoms with Gasteiger partial charge in [-0.15, -0.1) is 0 Å². The molecule has 0 spiro atoms. The summed E-state index contributed by atoms with van der Waals surface area (Å²) in [5.41, 5.74) is 0.158. The third-order valence-corrected chi connectivity index (χ3v) is 4.11. The van der Waals surface area contributed by atoms with E-state index in [9.17, 15) is 4.79 Å². The van der Waals surface area contributed by atoms with E-state index in [1.54, 1.807) is 12.1 Å². The van der Waals surface area contributed by atoms with E-state index in [1.165, 1.54) is 6.21 Å². The summed E-state index contributed by atoms with van der Waals surface area (Å²) in [5.74, 6) is 0.983. The molecule has 0 fully saturated rings. The Bertz CT molecular complexity index is 990. The molecule has 152 valence electrons. The first-order valence-corrected chi connectivity index (χ1v) is 9.72. The van der Waals surface area contributed by atoms with Gasteiger partial charge in [-0.25, -0.2) is 0 Å². The molecule has 0 aliphatic carbocycles.